The van der Waals surface area contributed by atoms with Gasteiger partial charge in [-0.05, 0) is 17.7 Å². The monoisotopic (exact) mass is 298 g/mol. The highest BCUT2D eigenvalue weighted by Gasteiger charge is 2.18. The maximum absolute atomic E-state index is 8.60. The van der Waals surface area contributed by atoms with Gasteiger partial charge in [-0.15, -0.1) is 11.3 Å². The molecule has 0 unspecified atom stereocenters. The molecule has 0 radical (unpaired) electrons. The highest BCUT2D eigenvalue weighted by atomic mass is 35.5. The van der Waals surface area contributed by atoms with Crippen LogP contribution >= 0.6 is 22.9 Å². The van der Waals surface area contributed by atoms with E-state index in [1.165, 1.54) is 17.6 Å². The number of halogens is 1. The lowest BCUT2D eigenvalue weighted by atomic mass is 10.3. The van der Waals surface area contributed by atoms with Crippen LogP contribution in [0.4, 0.5) is 5.82 Å². The number of anilines is 1. The number of ether oxygens (including phenoxy) is 1. The Hall–Kier alpha value is -1.44. The molecular weight excluding hydrogens is 288 g/mol. The third-order valence-electron chi connectivity index (χ3n) is 2.84. The van der Waals surface area contributed by atoms with Crippen molar-refractivity contribution in [2.45, 2.75) is 0 Å². The van der Waals surface area contributed by atoms with Crippen LogP contribution in [-0.2, 0) is 4.74 Å². The summed E-state index contributed by atoms with van der Waals surface area (Å²) in [5.74, 6) is 0.820. The van der Waals surface area contributed by atoms with E-state index in [0.29, 0.717) is 13.2 Å². The van der Waals surface area contributed by atoms with Crippen molar-refractivity contribution < 1.29 is 9.94 Å². The van der Waals surface area contributed by atoms with E-state index in [1.807, 2.05) is 6.07 Å². The van der Waals surface area contributed by atoms with E-state index >= 15 is 0 Å². The smallest absolute Gasteiger partial charge is 0.224 e. The highest BCUT2D eigenvalue weighted by Crippen LogP contribution is 2.32. The fourth-order valence-corrected chi connectivity index (χ4v) is 3.17. The van der Waals surface area contributed by atoms with Crippen LogP contribution in [0.5, 0.6) is 0 Å². The SMILES string of the molecule is ON=Cc1cc2nc(Cl)nc(N3CCOCC3)c2s1. The number of aromatic nitrogens is 2. The Morgan fingerprint density at radius 1 is 1.42 bits per heavy atom. The lowest BCUT2D eigenvalue weighted by Gasteiger charge is -2.28. The van der Waals surface area contributed by atoms with Crippen molar-refractivity contribution in [1.82, 2.24) is 9.97 Å². The fourth-order valence-electron chi connectivity index (χ4n) is 2.02. The first-order valence-electron chi connectivity index (χ1n) is 5.75. The molecule has 6 nitrogen and oxygen atoms in total. The van der Waals surface area contributed by atoms with Gasteiger partial charge in [0.2, 0.25) is 5.28 Å². The molecule has 1 N–H and O–H groups in total. The zero-order chi connectivity index (χ0) is 13.2. The van der Waals surface area contributed by atoms with Crippen molar-refractivity contribution in [1.29, 1.82) is 0 Å². The number of oxime groups is 1. The van der Waals surface area contributed by atoms with Crippen LogP contribution in [0.15, 0.2) is 11.2 Å². The molecule has 1 fully saturated rings. The Bertz CT molecular complexity index is 624. The highest BCUT2D eigenvalue weighted by molar-refractivity contribution is 7.21. The van der Waals surface area contributed by atoms with Gasteiger partial charge in [0.05, 0.1) is 34.5 Å². The van der Waals surface area contributed by atoms with E-state index in [2.05, 4.69) is 20.0 Å². The lowest BCUT2D eigenvalue weighted by Crippen LogP contribution is -2.36. The molecule has 2 aromatic rings. The zero-order valence-electron chi connectivity index (χ0n) is 9.91. The summed E-state index contributed by atoms with van der Waals surface area (Å²) >= 11 is 7.45. The summed E-state index contributed by atoms with van der Waals surface area (Å²) in [6.07, 6.45) is 1.38. The van der Waals surface area contributed by atoms with Crippen molar-refractivity contribution in [2.75, 3.05) is 31.2 Å². The van der Waals surface area contributed by atoms with Crippen LogP contribution < -0.4 is 4.90 Å². The van der Waals surface area contributed by atoms with Crippen molar-refractivity contribution in [3.05, 3.63) is 16.2 Å². The first-order chi connectivity index (χ1) is 9.28. The fraction of sp³-hybridized carbons (Fsp3) is 0.364. The maximum atomic E-state index is 8.60. The van der Waals surface area contributed by atoms with Gasteiger partial charge in [0.25, 0.3) is 0 Å². The molecule has 0 bridgehead atoms. The van der Waals surface area contributed by atoms with Gasteiger partial charge in [0.15, 0.2) is 5.82 Å². The maximum Gasteiger partial charge on any atom is 0.224 e. The third kappa shape index (κ3) is 2.49. The Labute approximate surface area is 118 Å². The molecule has 0 saturated carbocycles. The topological polar surface area (TPSA) is 70.8 Å². The standard InChI is InChI=1S/C11H11ClN4O2S/c12-11-14-8-5-7(6-13-17)19-9(8)10(15-11)16-1-3-18-4-2-16/h5-6,17H,1-4H2. The number of hydrogen-bond acceptors (Lipinski definition) is 7. The quantitative estimate of drug-likeness (QED) is 0.397. The number of nitrogens with zero attached hydrogens (tertiary/aromatic N) is 4. The van der Waals surface area contributed by atoms with E-state index in [1.54, 1.807) is 0 Å². The van der Waals surface area contributed by atoms with Crippen LogP contribution in [0.2, 0.25) is 5.28 Å². The molecule has 100 valence electrons. The lowest BCUT2D eigenvalue weighted by molar-refractivity contribution is 0.122. The Balaban J connectivity index is 2.10. The molecule has 0 amide bonds. The Morgan fingerprint density at radius 2 is 2.21 bits per heavy atom. The molecule has 19 heavy (non-hydrogen) atoms. The molecule has 0 aromatic carbocycles. The van der Waals surface area contributed by atoms with Gasteiger partial charge in [0, 0.05) is 13.1 Å². The molecule has 0 atom stereocenters. The van der Waals surface area contributed by atoms with Crippen molar-refractivity contribution >= 4 is 45.2 Å². The summed E-state index contributed by atoms with van der Waals surface area (Å²) in [5.41, 5.74) is 0.765. The first-order valence-corrected chi connectivity index (χ1v) is 6.94. The predicted molar refractivity (Wildman–Crippen MR) is 74.8 cm³/mol. The van der Waals surface area contributed by atoms with Gasteiger partial charge >= 0.3 is 0 Å². The molecule has 8 heteroatoms. The minimum absolute atomic E-state index is 0.222. The normalized spacial score (nSPS) is 16.6. The van der Waals surface area contributed by atoms with Gasteiger partial charge in [-0.25, -0.2) is 4.98 Å². The van der Waals surface area contributed by atoms with Gasteiger partial charge in [0.1, 0.15) is 0 Å². The summed E-state index contributed by atoms with van der Waals surface area (Å²) < 4.78 is 6.28. The molecule has 2 aromatic heterocycles. The molecule has 1 saturated heterocycles. The minimum atomic E-state index is 0.222. The van der Waals surface area contributed by atoms with Crippen molar-refractivity contribution in [2.24, 2.45) is 5.16 Å². The van der Waals surface area contributed by atoms with E-state index in [9.17, 15) is 0 Å². The second kappa shape index (κ2) is 5.28. The van der Waals surface area contributed by atoms with E-state index in [0.717, 1.165) is 34.0 Å². The number of rotatable bonds is 2. The average Bonchev–Trinajstić information content (AvgIpc) is 2.81. The van der Waals surface area contributed by atoms with Crippen LogP contribution in [0.3, 0.4) is 0 Å². The van der Waals surface area contributed by atoms with Crippen molar-refractivity contribution in [3.63, 3.8) is 0 Å². The number of morpholine rings is 1. The molecule has 3 rings (SSSR count). The van der Waals surface area contributed by atoms with E-state index in [-0.39, 0.29) is 5.28 Å². The Kier molecular flexibility index (Phi) is 3.50. The van der Waals surface area contributed by atoms with Crippen LogP contribution in [0.1, 0.15) is 4.88 Å². The molecule has 1 aliphatic heterocycles. The summed E-state index contributed by atoms with van der Waals surface area (Å²) in [6.45, 7) is 2.92. The van der Waals surface area contributed by atoms with Gasteiger partial charge < -0.3 is 14.8 Å². The summed E-state index contributed by atoms with van der Waals surface area (Å²) in [4.78, 5) is 11.5. The molecule has 0 aliphatic carbocycles. The summed E-state index contributed by atoms with van der Waals surface area (Å²) in [6, 6.07) is 1.83. The number of fused-ring (bicyclic) bond motifs is 1. The second-order valence-corrected chi connectivity index (χ2v) is 5.45. The average molecular weight is 299 g/mol. The van der Waals surface area contributed by atoms with Gasteiger partial charge in [-0.2, -0.15) is 4.98 Å². The summed E-state index contributed by atoms with van der Waals surface area (Å²) in [5, 5.41) is 11.9. The van der Waals surface area contributed by atoms with Crippen LogP contribution in [0.25, 0.3) is 10.2 Å². The molecular formula is C11H11ClN4O2S. The predicted octanol–water partition coefficient (Wildman–Crippen LogP) is 1.99. The van der Waals surface area contributed by atoms with E-state index in [4.69, 9.17) is 21.5 Å². The third-order valence-corrected chi connectivity index (χ3v) is 4.06. The molecule has 0 spiro atoms. The van der Waals surface area contributed by atoms with Crippen LogP contribution in [0, 0.1) is 0 Å². The van der Waals surface area contributed by atoms with Gasteiger partial charge in [-0.1, -0.05) is 5.16 Å². The largest absolute Gasteiger partial charge is 0.411 e. The number of thiophene rings is 1. The second-order valence-electron chi connectivity index (χ2n) is 4.02. The summed E-state index contributed by atoms with van der Waals surface area (Å²) in [7, 11) is 0. The Morgan fingerprint density at radius 3 is 2.95 bits per heavy atom. The zero-order valence-corrected chi connectivity index (χ0v) is 11.5. The van der Waals surface area contributed by atoms with Crippen molar-refractivity contribution in [3.8, 4) is 0 Å². The molecule has 1 aliphatic rings. The first kappa shape index (κ1) is 12.6. The minimum Gasteiger partial charge on any atom is -0.411 e. The van der Waals surface area contributed by atoms with Crippen LogP contribution in [-0.4, -0.2) is 47.7 Å². The van der Waals surface area contributed by atoms with Gasteiger partial charge in [-0.3, -0.25) is 0 Å². The van der Waals surface area contributed by atoms with E-state index < -0.39 is 0 Å². The molecule has 3 heterocycles. The number of hydrogen-bond donors (Lipinski definition) is 1.